The van der Waals surface area contributed by atoms with E-state index in [1.807, 2.05) is 28.8 Å². The van der Waals surface area contributed by atoms with Gasteiger partial charge in [0.1, 0.15) is 12.2 Å². The molecule has 3 aromatic rings. The zero-order valence-electron chi connectivity index (χ0n) is 17.4. The summed E-state index contributed by atoms with van der Waals surface area (Å²) in [6.07, 6.45) is 3.28. The Morgan fingerprint density at radius 1 is 1.12 bits per heavy atom. The maximum Gasteiger partial charge on any atom is 0.301 e. The molecule has 1 saturated heterocycles. The van der Waals surface area contributed by atoms with Gasteiger partial charge in [-0.3, -0.25) is 30.4 Å². The summed E-state index contributed by atoms with van der Waals surface area (Å²) >= 11 is 0. The van der Waals surface area contributed by atoms with Crippen molar-refractivity contribution < 1.29 is 19.4 Å². The van der Waals surface area contributed by atoms with Crippen molar-refractivity contribution in [3.63, 3.8) is 0 Å². The van der Waals surface area contributed by atoms with Gasteiger partial charge in [-0.2, -0.15) is 5.10 Å². The number of nitro groups is 2. The lowest BCUT2D eigenvalue weighted by Gasteiger charge is -2.27. The molecule has 0 saturated carbocycles. The summed E-state index contributed by atoms with van der Waals surface area (Å²) in [6, 6.07) is 10.8. The van der Waals surface area contributed by atoms with Crippen molar-refractivity contribution in [2.24, 2.45) is 5.10 Å². The Bertz CT molecular complexity index is 1250. The Hall–Kier alpha value is -4.32. The highest BCUT2D eigenvalue weighted by atomic mass is 16.6. The number of para-hydroxylation sites is 1. The van der Waals surface area contributed by atoms with Crippen LogP contribution < -0.4 is 5.43 Å². The van der Waals surface area contributed by atoms with Crippen LogP contribution in [0.2, 0.25) is 0 Å². The number of nitro benzene ring substituents is 2. The van der Waals surface area contributed by atoms with Gasteiger partial charge in [0.05, 0.1) is 35.3 Å². The van der Waals surface area contributed by atoms with E-state index in [0.717, 1.165) is 23.0 Å². The number of carbonyl (C=O) groups is 1. The van der Waals surface area contributed by atoms with Gasteiger partial charge in [-0.15, -0.1) is 0 Å². The van der Waals surface area contributed by atoms with E-state index < -0.39 is 15.5 Å². The molecule has 12 nitrogen and oxygen atoms in total. The van der Waals surface area contributed by atoms with Crippen LogP contribution in [0.15, 0.2) is 53.8 Å². The van der Waals surface area contributed by atoms with Crippen LogP contribution in [0.5, 0.6) is 0 Å². The maximum absolute atomic E-state index is 12.7. The standard InChI is InChI=1S/C21H20N6O6/c28-21(24-7-9-33-10-8-24)14-25-13-15(17-3-1-2-4-19(17)25)12-22-23-18-6-5-16(26(29)30)11-20(18)27(31)32/h1-6,11-13,23H,7-10,14H2/b22-12-. The van der Waals surface area contributed by atoms with Gasteiger partial charge in [-0.25, -0.2) is 0 Å². The zero-order chi connectivity index (χ0) is 23.4. The molecule has 12 heteroatoms. The fraction of sp³-hybridized carbons (Fsp3) is 0.238. The Morgan fingerprint density at radius 2 is 1.88 bits per heavy atom. The SMILES string of the molecule is O=C(Cn1cc(/C=N\Nc2ccc([N+](=O)[O-])cc2[N+](=O)[O-])c2ccccc21)N1CCOCC1. The molecular formula is C21H20N6O6. The van der Waals surface area contributed by atoms with Gasteiger partial charge in [-0.1, -0.05) is 18.2 Å². The molecule has 0 aliphatic carbocycles. The topological polar surface area (TPSA) is 145 Å². The minimum absolute atomic E-state index is 0.0119. The second-order valence-corrected chi connectivity index (χ2v) is 7.31. The molecule has 2 aromatic carbocycles. The van der Waals surface area contributed by atoms with Crippen LogP contribution in [-0.2, 0) is 16.1 Å². The average molecular weight is 452 g/mol. The Labute approximate surface area is 187 Å². The summed E-state index contributed by atoms with van der Waals surface area (Å²) in [6.45, 7) is 2.33. The lowest BCUT2D eigenvalue weighted by Crippen LogP contribution is -2.42. The van der Waals surface area contributed by atoms with E-state index in [0.29, 0.717) is 31.9 Å². The first-order chi connectivity index (χ1) is 15.9. The van der Waals surface area contributed by atoms with Crippen molar-refractivity contribution in [3.05, 3.63) is 74.5 Å². The number of carbonyl (C=O) groups excluding carboxylic acids is 1. The number of hydrogen-bond acceptors (Lipinski definition) is 8. The van der Waals surface area contributed by atoms with E-state index in [1.54, 1.807) is 11.1 Å². The van der Waals surface area contributed by atoms with Gasteiger partial charge in [0.2, 0.25) is 5.91 Å². The molecule has 4 rings (SSSR count). The van der Waals surface area contributed by atoms with Crippen molar-refractivity contribution in [3.8, 4) is 0 Å². The Kier molecular flexibility index (Phi) is 6.26. The fourth-order valence-corrected chi connectivity index (χ4v) is 3.62. The predicted octanol–water partition coefficient (Wildman–Crippen LogP) is 2.76. The number of nitrogens with zero attached hydrogens (tertiary/aromatic N) is 5. The third kappa shape index (κ3) is 4.80. The third-order valence-corrected chi connectivity index (χ3v) is 5.27. The number of benzene rings is 2. The van der Waals surface area contributed by atoms with Crippen molar-refractivity contribution >= 4 is 40.1 Å². The number of hydrazone groups is 1. The molecule has 1 N–H and O–H groups in total. The van der Waals surface area contributed by atoms with Crippen molar-refractivity contribution in [1.82, 2.24) is 9.47 Å². The number of non-ortho nitro benzene ring substituents is 1. The first-order valence-corrected chi connectivity index (χ1v) is 10.1. The molecule has 33 heavy (non-hydrogen) atoms. The van der Waals surface area contributed by atoms with E-state index in [2.05, 4.69) is 10.5 Å². The molecule has 1 aliphatic rings. The molecule has 170 valence electrons. The van der Waals surface area contributed by atoms with Crippen molar-refractivity contribution in [1.29, 1.82) is 0 Å². The number of anilines is 1. The molecule has 1 aromatic heterocycles. The molecule has 1 fully saturated rings. The summed E-state index contributed by atoms with van der Waals surface area (Å²) in [5.41, 5.74) is 3.32. The number of ether oxygens (including phenoxy) is 1. The molecule has 0 spiro atoms. The van der Waals surface area contributed by atoms with Crippen LogP contribution in [0.25, 0.3) is 10.9 Å². The van der Waals surface area contributed by atoms with Crippen LogP contribution in [0, 0.1) is 20.2 Å². The molecule has 0 atom stereocenters. The highest BCUT2D eigenvalue weighted by Gasteiger charge is 2.20. The molecule has 0 unspecified atom stereocenters. The van der Waals surface area contributed by atoms with Gasteiger partial charge in [0, 0.05) is 41.8 Å². The minimum Gasteiger partial charge on any atom is -0.378 e. The van der Waals surface area contributed by atoms with Gasteiger partial charge in [0.25, 0.3) is 5.69 Å². The number of rotatable bonds is 7. The van der Waals surface area contributed by atoms with Gasteiger partial charge >= 0.3 is 5.69 Å². The summed E-state index contributed by atoms with van der Waals surface area (Å²) in [7, 11) is 0. The summed E-state index contributed by atoms with van der Waals surface area (Å²) in [5, 5.41) is 27.1. The molecule has 2 heterocycles. The molecule has 1 amide bonds. The second-order valence-electron chi connectivity index (χ2n) is 7.31. The number of amides is 1. The number of hydrogen-bond donors (Lipinski definition) is 1. The van der Waals surface area contributed by atoms with Gasteiger partial charge in [0.15, 0.2) is 0 Å². The second kappa shape index (κ2) is 9.44. The normalized spacial score (nSPS) is 14.0. The van der Waals surface area contributed by atoms with E-state index in [4.69, 9.17) is 4.74 Å². The quantitative estimate of drug-likeness (QED) is 0.329. The lowest BCUT2D eigenvalue weighted by atomic mass is 10.2. The van der Waals surface area contributed by atoms with E-state index in [9.17, 15) is 25.0 Å². The molecular weight excluding hydrogens is 432 g/mol. The predicted molar refractivity (Wildman–Crippen MR) is 120 cm³/mol. The van der Waals surface area contributed by atoms with E-state index >= 15 is 0 Å². The van der Waals surface area contributed by atoms with E-state index in [-0.39, 0.29) is 23.8 Å². The van der Waals surface area contributed by atoms with Crippen molar-refractivity contribution in [2.75, 3.05) is 31.7 Å². The molecule has 0 bridgehead atoms. The van der Waals surface area contributed by atoms with Crippen LogP contribution in [0.4, 0.5) is 17.1 Å². The highest BCUT2D eigenvalue weighted by Crippen LogP contribution is 2.29. The van der Waals surface area contributed by atoms with Crippen molar-refractivity contribution in [2.45, 2.75) is 6.54 Å². The number of nitrogens with one attached hydrogen (secondary N) is 1. The number of aromatic nitrogens is 1. The smallest absolute Gasteiger partial charge is 0.301 e. The lowest BCUT2D eigenvalue weighted by molar-refractivity contribution is -0.393. The highest BCUT2D eigenvalue weighted by molar-refractivity contribution is 6.00. The van der Waals surface area contributed by atoms with Gasteiger partial charge in [-0.05, 0) is 12.1 Å². The van der Waals surface area contributed by atoms with Crippen LogP contribution in [0.3, 0.4) is 0 Å². The summed E-state index contributed by atoms with van der Waals surface area (Å²) in [5.74, 6) is -0.0119. The third-order valence-electron chi connectivity index (χ3n) is 5.27. The molecule has 1 aliphatic heterocycles. The largest absolute Gasteiger partial charge is 0.378 e. The zero-order valence-corrected chi connectivity index (χ0v) is 17.4. The van der Waals surface area contributed by atoms with E-state index in [1.165, 1.54) is 12.3 Å². The van der Waals surface area contributed by atoms with Gasteiger partial charge < -0.3 is 14.2 Å². The summed E-state index contributed by atoms with van der Waals surface area (Å²) < 4.78 is 7.13. The van der Waals surface area contributed by atoms with Crippen LogP contribution in [-0.4, -0.2) is 57.7 Å². The first kappa shape index (κ1) is 21.9. The first-order valence-electron chi connectivity index (χ1n) is 10.1. The number of fused-ring (bicyclic) bond motifs is 1. The van der Waals surface area contributed by atoms with Crippen LogP contribution in [0.1, 0.15) is 5.56 Å². The fourth-order valence-electron chi connectivity index (χ4n) is 3.62. The monoisotopic (exact) mass is 452 g/mol. The Morgan fingerprint density at radius 3 is 2.61 bits per heavy atom. The van der Waals surface area contributed by atoms with Crippen LogP contribution >= 0.6 is 0 Å². The molecule has 0 radical (unpaired) electrons. The number of morpholine rings is 1. The maximum atomic E-state index is 12.7. The Balaban J connectivity index is 1.56. The summed E-state index contributed by atoms with van der Waals surface area (Å²) in [4.78, 5) is 35.2. The minimum atomic E-state index is -0.714. The average Bonchev–Trinajstić information content (AvgIpc) is 3.17.